The highest BCUT2D eigenvalue weighted by Crippen LogP contribution is 2.19. The van der Waals surface area contributed by atoms with Crippen molar-refractivity contribution in [1.82, 2.24) is 4.98 Å². The molecular weight excluding hydrogens is 304 g/mol. The van der Waals surface area contributed by atoms with Crippen molar-refractivity contribution in [3.05, 3.63) is 40.9 Å². The summed E-state index contributed by atoms with van der Waals surface area (Å²) in [6.45, 7) is 0. The van der Waals surface area contributed by atoms with E-state index in [-0.39, 0.29) is 5.91 Å². The van der Waals surface area contributed by atoms with Crippen LogP contribution < -0.4 is 10.1 Å². The van der Waals surface area contributed by atoms with Gasteiger partial charge in [-0.3, -0.25) is 4.79 Å². The summed E-state index contributed by atoms with van der Waals surface area (Å²) < 4.78 is 9.67. The molecule has 1 aromatic heterocycles. The van der Waals surface area contributed by atoms with Gasteiger partial charge in [-0.05, 0) is 24.1 Å². The fraction of sp³-hybridized carbons (Fsp3) is 0.267. The second-order valence-corrected chi connectivity index (χ2v) is 5.45. The average Bonchev–Trinajstić information content (AvgIpc) is 3.01. The number of nitrogens with one attached hydrogen (secondary N) is 1. The Hall–Kier alpha value is -2.41. The van der Waals surface area contributed by atoms with Crippen molar-refractivity contribution >= 4 is 28.3 Å². The number of aryl methyl sites for hydroxylation is 1. The molecule has 2 rings (SSSR count). The average molecular weight is 320 g/mol. The van der Waals surface area contributed by atoms with Crippen LogP contribution in [-0.4, -0.2) is 31.1 Å². The molecule has 0 spiro atoms. The third kappa shape index (κ3) is 4.29. The summed E-state index contributed by atoms with van der Waals surface area (Å²) in [4.78, 5) is 27.5. The summed E-state index contributed by atoms with van der Waals surface area (Å²) in [6.07, 6.45) is 2.33. The van der Waals surface area contributed by atoms with E-state index in [1.54, 1.807) is 7.11 Å². The number of benzene rings is 1. The van der Waals surface area contributed by atoms with Crippen molar-refractivity contribution in [3.63, 3.8) is 0 Å². The first-order chi connectivity index (χ1) is 10.6. The minimum absolute atomic E-state index is 0.151. The van der Waals surface area contributed by atoms with Crippen LogP contribution in [-0.2, 0) is 16.0 Å². The fourth-order valence-corrected chi connectivity index (χ4v) is 2.51. The highest BCUT2D eigenvalue weighted by Gasteiger charge is 2.12. The quantitative estimate of drug-likeness (QED) is 0.828. The Balaban J connectivity index is 1.84. The molecule has 0 unspecified atom stereocenters. The Labute approximate surface area is 132 Å². The Morgan fingerprint density at radius 1 is 1.23 bits per heavy atom. The summed E-state index contributed by atoms with van der Waals surface area (Å²) in [6, 6.07) is 7.56. The molecule has 2 aromatic rings. The van der Waals surface area contributed by atoms with E-state index in [1.807, 2.05) is 24.3 Å². The van der Waals surface area contributed by atoms with Crippen LogP contribution in [0.3, 0.4) is 0 Å². The van der Waals surface area contributed by atoms with E-state index in [2.05, 4.69) is 15.0 Å². The standard InChI is InChI=1S/C15H16N2O4S/c1-20-11-6-3-10(4-7-11)5-8-13(18)17-15-16-9-12(22-15)14(19)21-2/h3-4,6-7,9H,5,8H2,1-2H3,(H,16,17,18). The van der Waals surface area contributed by atoms with Crippen molar-refractivity contribution in [2.24, 2.45) is 0 Å². The zero-order chi connectivity index (χ0) is 15.9. The fourth-order valence-electron chi connectivity index (χ4n) is 1.76. The molecule has 22 heavy (non-hydrogen) atoms. The van der Waals surface area contributed by atoms with Crippen LogP contribution in [0.4, 0.5) is 5.13 Å². The highest BCUT2D eigenvalue weighted by molar-refractivity contribution is 7.17. The number of aromatic nitrogens is 1. The van der Waals surface area contributed by atoms with Crippen molar-refractivity contribution in [1.29, 1.82) is 0 Å². The monoisotopic (exact) mass is 320 g/mol. The number of nitrogens with zero attached hydrogens (tertiary/aromatic N) is 1. The molecule has 6 nitrogen and oxygen atoms in total. The van der Waals surface area contributed by atoms with Gasteiger partial charge in [0.05, 0.1) is 20.4 Å². The lowest BCUT2D eigenvalue weighted by atomic mass is 10.1. The number of methoxy groups -OCH3 is 2. The van der Waals surface area contributed by atoms with Crippen molar-refractivity contribution in [2.45, 2.75) is 12.8 Å². The zero-order valence-electron chi connectivity index (χ0n) is 12.3. The predicted molar refractivity (Wildman–Crippen MR) is 83.4 cm³/mol. The summed E-state index contributed by atoms with van der Waals surface area (Å²) >= 11 is 1.09. The van der Waals surface area contributed by atoms with Gasteiger partial charge in [0.2, 0.25) is 5.91 Å². The number of anilines is 1. The first-order valence-electron chi connectivity index (χ1n) is 6.59. The summed E-state index contributed by atoms with van der Waals surface area (Å²) in [7, 11) is 2.91. The first kappa shape index (κ1) is 16.0. The maximum atomic E-state index is 11.9. The van der Waals surface area contributed by atoms with E-state index in [1.165, 1.54) is 13.3 Å². The molecule has 0 aliphatic heterocycles. The summed E-state index contributed by atoms with van der Waals surface area (Å²) in [5, 5.41) is 3.06. The van der Waals surface area contributed by atoms with Gasteiger partial charge in [0.15, 0.2) is 5.13 Å². The van der Waals surface area contributed by atoms with Crippen molar-refractivity contribution in [3.8, 4) is 5.75 Å². The van der Waals surface area contributed by atoms with Crippen molar-refractivity contribution < 1.29 is 19.1 Å². The van der Waals surface area contributed by atoms with Crippen LogP contribution in [0.1, 0.15) is 21.7 Å². The molecule has 1 aromatic carbocycles. The molecule has 0 atom stereocenters. The Bertz CT molecular complexity index is 652. The number of esters is 1. The molecule has 0 bridgehead atoms. The molecule has 116 valence electrons. The lowest BCUT2D eigenvalue weighted by Crippen LogP contribution is -2.12. The molecule has 1 N–H and O–H groups in total. The van der Waals surface area contributed by atoms with Gasteiger partial charge < -0.3 is 14.8 Å². The minimum Gasteiger partial charge on any atom is -0.497 e. The van der Waals surface area contributed by atoms with Crippen LogP contribution in [0.15, 0.2) is 30.5 Å². The number of thiazole rings is 1. The lowest BCUT2D eigenvalue weighted by molar-refractivity contribution is -0.116. The topological polar surface area (TPSA) is 77.5 Å². The molecule has 1 amide bonds. The van der Waals surface area contributed by atoms with Gasteiger partial charge >= 0.3 is 5.97 Å². The van der Waals surface area contributed by atoms with Gasteiger partial charge in [0.25, 0.3) is 0 Å². The van der Waals surface area contributed by atoms with E-state index in [0.717, 1.165) is 22.6 Å². The largest absolute Gasteiger partial charge is 0.497 e. The van der Waals surface area contributed by atoms with Gasteiger partial charge in [-0.15, -0.1) is 0 Å². The molecule has 7 heteroatoms. The normalized spacial score (nSPS) is 10.1. The molecular formula is C15H16N2O4S. The van der Waals surface area contributed by atoms with Crippen LogP contribution >= 0.6 is 11.3 Å². The molecule has 0 fully saturated rings. The Kier molecular flexibility index (Phi) is 5.48. The summed E-state index contributed by atoms with van der Waals surface area (Å²) in [5.74, 6) is 0.171. The predicted octanol–water partition coefficient (Wildman–Crippen LogP) is 2.51. The molecule has 0 saturated carbocycles. The lowest BCUT2D eigenvalue weighted by Gasteiger charge is -2.04. The third-order valence-corrected chi connectivity index (χ3v) is 3.83. The van der Waals surface area contributed by atoms with Gasteiger partial charge in [-0.2, -0.15) is 0 Å². The number of carbonyl (C=O) groups is 2. The van der Waals surface area contributed by atoms with Crippen LogP contribution in [0.2, 0.25) is 0 Å². The molecule has 1 heterocycles. The maximum absolute atomic E-state index is 11.9. The zero-order valence-corrected chi connectivity index (χ0v) is 13.1. The Morgan fingerprint density at radius 2 is 1.95 bits per heavy atom. The van der Waals surface area contributed by atoms with Gasteiger partial charge in [-0.25, -0.2) is 9.78 Å². The molecule has 0 aliphatic rings. The van der Waals surface area contributed by atoms with Crippen LogP contribution in [0.25, 0.3) is 0 Å². The number of ether oxygens (including phenoxy) is 2. The van der Waals surface area contributed by atoms with Gasteiger partial charge in [0.1, 0.15) is 10.6 Å². The van der Waals surface area contributed by atoms with E-state index in [0.29, 0.717) is 22.9 Å². The van der Waals surface area contributed by atoms with Crippen molar-refractivity contribution in [2.75, 3.05) is 19.5 Å². The highest BCUT2D eigenvalue weighted by atomic mass is 32.1. The molecule has 0 aliphatic carbocycles. The first-order valence-corrected chi connectivity index (χ1v) is 7.41. The second kappa shape index (κ2) is 7.56. The van der Waals surface area contributed by atoms with E-state index in [4.69, 9.17) is 4.74 Å². The molecule has 0 saturated heterocycles. The number of rotatable bonds is 6. The SMILES string of the molecule is COC(=O)c1cnc(NC(=O)CCc2ccc(OC)cc2)s1. The van der Waals surface area contributed by atoms with E-state index >= 15 is 0 Å². The van der Waals surface area contributed by atoms with Gasteiger partial charge in [0, 0.05) is 6.42 Å². The van der Waals surface area contributed by atoms with Crippen LogP contribution in [0, 0.1) is 0 Å². The number of carbonyl (C=O) groups excluding carboxylic acids is 2. The summed E-state index contributed by atoms with van der Waals surface area (Å²) in [5.41, 5.74) is 1.05. The van der Waals surface area contributed by atoms with E-state index < -0.39 is 5.97 Å². The smallest absolute Gasteiger partial charge is 0.349 e. The minimum atomic E-state index is -0.462. The second-order valence-electron chi connectivity index (χ2n) is 4.42. The molecule has 0 radical (unpaired) electrons. The maximum Gasteiger partial charge on any atom is 0.349 e. The van der Waals surface area contributed by atoms with E-state index in [9.17, 15) is 9.59 Å². The van der Waals surface area contributed by atoms with Gasteiger partial charge in [-0.1, -0.05) is 23.5 Å². The Morgan fingerprint density at radius 3 is 2.59 bits per heavy atom. The van der Waals surface area contributed by atoms with Crippen LogP contribution in [0.5, 0.6) is 5.75 Å². The third-order valence-electron chi connectivity index (χ3n) is 2.94. The number of amides is 1. The number of hydrogen-bond acceptors (Lipinski definition) is 6. The number of hydrogen-bond donors (Lipinski definition) is 1.